The van der Waals surface area contributed by atoms with E-state index in [4.69, 9.17) is 0 Å². The molecule has 1 aromatic carbocycles. The smallest absolute Gasteiger partial charge is 0.0923 e. The summed E-state index contributed by atoms with van der Waals surface area (Å²) in [5.74, 6) is 0. The van der Waals surface area contributed by atoms with E-state index in [-0.39, 0.29) is 32.7 Å². The van der Waals surface area contributed by atoms with Gasteiger partial charge in [0.15, 0.2) is 0 Å². The van der Waals surface area contributed by atoms with Gasteiger partial charge in [-0.1, -0.05) is 6.92 Å². The summed E-state index contributed by atoms with van der Waals surface area (Å²) in [5, 5.41) is 0. The molecule has 0 aliphatic rings. The Hall–Kier alpha value is -0.466. The van der Waals surface area contributed by atoms with E-state index in [1.165, 1.54) is 0 Å². The van der Waals surface area contributed by atoms with Crippen molar-refractivity contribution in [1.82, 2.24) is 9.97 Å². The van der Waals surface area contributed by atoms with Crippen LogP contribution in [0.2, 0.25) is 0 Å². The van der Waals surface area contributed by atoms with Gasteiger partial charge in [0.1, 0.15) is 0 Å². The van der Waals surface area contributed by atoms with Crippen LogP contribution < -0.4 is 0 Å². The summed E-state index contributed by atoms with van der Waals surface area (Å²) in [6.45, 7) is 2.03. The number of aryl methyl sites for hydroxylation is 1. The monoisotopic (exact) mass is 246 g/mol. The third kappa shape index (κ3) is 2.49. The van der Waals surface area contributed by atoms with Crippen LogP contribution in [0.1, 0.15) is 5.56 Å². The Morgan fingerprint density at radius 3 is 2.92 bits per heavy atom. The molecule has 1 heterocycles. The topological polar surface area (TPSA) is 28.7 Å². The van der Waals surface area contributed by atoms with Crippen molar-refractivity contribution in [2.24, 2.45) is 0 Å². The molecular formula is C10H9N2Y-. The summed E-state index contributed by atoms with van der Waals surface area (Å²) < 4.78 is 0. The molecule has 3 heteroatoms. The van der Waals surface area contributed by atoms with Crippen LogP contribution in [0.5, 0.6) is 0 Å². The average molecular weight is 246 g/mol. The molecule has 0 aliphatic heterocycles. The molecule has 1 aromatic heterocycles. The molecule has 0 bridgehead atoms. The van der Waals surface area contributed by atoms with Crippen LogP contribution in [0.25, 0.3) is 11.3 Å². The molecule has 0 spiro atoms. The van der Waals surface area contributed by atoms with Crippen molar-refractivity contribution < 1.29 is 32.7 Å². The van der Waals surface area contributed by atoms with Gasteiger partial charge < -0.3 is 4.98 Å². The zero-order valence-electron chi connectivity index (χ0n) is 7.41. The Morgan fingerprint density at radius 1 is 1.46 bits per heavy atom. The zero-order valence-corrected chi connectivity index (χ0v) is 10.2. The average Bonchev–Trinajstić information content (AvgIpc) is 2.56. The molecule has 2 rings (SSSR count). The van der Waals surface area contributed by atoms with Crippen molar-refractivity contribution in [2.45, 2.75) is 6.92 Å². The first-order chi connectivity index (χ1) is 5.86. The Kier molecular flexibility index (Phi) is 3.82. The molecule has 13 heavy (non-hydrogen) atoms. The van der Waals surface area contributed by atoms with Crippen molar-refractivity contribution in [3.05, 3.63) is 42.4 Å². The molecule has 0 saturated heterocycles. The molecule has 0 fully saturated rings. The van der Waals surface area contributed by atoms with Crippen LogP contribution in [-0.4, -0.2) is 9.97 Å². The number of H-pyrrole nitrogens is 1. The van der Waals surface area contributed by atoms with E-state index in [0.717, 1.165) is 16.8 Å². The first-order valence-corrected chi connectivity index (χ1v) is 3.83. The van der Waals surface area contributed by atoms with Gasteiger partial charge in [0.25, 0.3) is 0 Å². The SMILES string of the molecule is Cc1[c-]ccc(-c2cnc[nH]2)c1.[Y]. The van der Waals surface area contributed by atoms with Crippen LogP contribution >= 0.6 is 0 Å². The first-order valence-electron chi connectivity index (χ1n) is 3.83. The second-order valence-corrected chi connectivity index (χ2v) is 2.73. The van der Waals surface area contributed by atoms with E-state index >= 15 is 0 Å². The largest absolute Gasteiger partial charge is 0.346 e. The van der Waals surface area contributed by atoms with E-state index in [9.17, 15) is 0 Å². The van der Waals surface area contributed by atoms with Gasteiger partial charge in [-0.3, -0.25) is 0 Å². The van der Waals surface area contributed by atoms with Crippen LogP contribution in [0.4, 0.5) is 0 Å². The molecule has 0 aliphatic carbocycles. The molecule has 0 unspecified atom stereocenters. The Balaban J connectivity index is 0.000000845. The van der Waals surface area contributed by atoms with Crippen molar-refractivity contribution in [3.63, 3.8) is 0 Å². The van der Waals surface area contributed by atoms with Crippen molar-refractivity contribution in [3.8, 4) is 11.3 Å². The second kappa shape index (κ2) is 4.68. The fourth-order valence-electron chi connectivity index (χ4n) is 1.17. The number of benzene rings is 1. The van der Waals surface area contributed by atoms with Crippen LogP contribution in [0, 0.1) is 13.0 Å². The summed E-state index contributed by atoms with van der Waals surface area (Å²) in [7, 11) is 0. The van der Waals surface area contributed by atoms with Crippen molar-refractivity contribution >= 4 is 0 Å². The minimum atomic E-state index is 0. The standard InChI is InChI=1S/C10H9N2.Y/c1-8-3-2-4-9(5-8)10-6-11-7-12-10;/h2,4-7H,1H3,(H,11,12);/q-1;. The normalized spacial score (nSPS) is 9.31. The molecule has 1 N–H and O–H groups in total. The third-order valence-electron chi connectivity index (χ3n) is 1.76. The number of rotatable bonds is 1. The first kappa shape index (κ1) is 10.6. The number of aromatic amines is 1. The molecule has 0 saturated carbocycles. The molecular weight excluding hydrogens is 237 g/mol. The van der Waals surface area contributed by atoms with Crippen LogP contribution in [0.3, 0.4) is 0 Å². The Bertz CT molecular complexity index is 368. The summed E-state index contributed by atoms with van der Waals surface area (Å²) in [4.78, 5) is 7.02. The van der Waals surface area contributed by atoms with E-state index in [1.807, 2.05) is 25.3 Å². The fraction of sp³-hybridized carbons (Fsp3) is 0.100. The number of aromatic nitrogens is 2. The predicted molar refractivity (Wildman–Crippen MR) is 47.6 cm³/mol. The fourth-order valence-corrected chi connectivity index (χ4v) is 1.17. The summed E-state index contributed by atoms with van der Waals surface area (Å²) >= 11 is 0. The van der Waals surface area contributed by atoms with Gasteiger partial charge in [0.05, 0.1) is 12.5 Å². The maximum Gasteiger partial charge on any atom is 0.0923 e. The molecule has 2 aromatic rings. The van der Waals surface area contributed by atoms with E-state index in [1.54, 1.807) is 6.33 Å². The minimum absolute atomic E-state index is 0. The van der Waals surface area contributed by atoms with Gasteiger partial charge in [0, 0.05) is 38.4 Å². The van der Waals surface area contributed by atoms with Gasteiger partial charge in [0.2, 0.25) is 0 Å². The third-order valence-corrected chi connectivity index (χ3v) is 1.76. The Labute approximate surface area is 103 Å². The van der Waals surface area contributed by atoms with E-state index in [2.05, 4.69) is 22.1 Å². The molecule has 2 nitrogen and oxygen atoms in total. The van der Waals surface area contributed by atoms with Crippen LogP contribution in [-0.2, 0) is 32.7 Å². The Morgan fingerprint density at radius 2 is 2.31 bits per heavy atom. The van der Waals surface area contributed by atoms with E-state index in [0.29, 0.717) is 0 Å². The summed E-state index contributed by atoms with van der Waals surface area (Å²) in [6, 6.07) is 9.11. The number of hydrogen-bond donors (Lipinski definition) is 1. The van der Waals surface area contributed by atoms with E-state index < -0.39 is 0 Å². The van der Waals surface area contributed by atoms with Gasteiger partial charge in [-0.15, -0.1) is 5.56 Å². The second-order valence-electron chi connectivity index (χ2n) is 2.73. The summed E-state index contributed by atoms with van der Waals surface area (Å²) in [5.41, 5.74) is 3.35. The van der Waals surface area contributed by atoms with Gasteiger partial charge in [-0.2, -0.15) is 29.8 Å². The quantitative estimate of drug-likeness (QED) is 0.767. The van der Waals surface area contributed by atoms with Gasteiger partial charge >= 0.3 is 0 Å². The number of nitrogens with one attached hydrogen (secondary N) is 1. The zero-order chi connectivity index (χ0) is 8.39. The predicted octanol–water partition coefficient (Wildman–Crippen LogP) is 2.18. The molecule has 0 amide bonds. The molecule has 1 radical (unpaired) electrons. The van der Waals surface area contributed by atoms with Crippen molar-refractivity contribution in [2.75, 3.05) is 0 Å². The van der Waals surface area contributed by atoms with Gasteiger partial charge in [-0.05, 0) is 0 Å². The maximum atomic E-state index is 3.96. The number of hydrogen-bond acceptors (Lipinski definition) is 1. The van der Waals surface area contributed by atoms with Crippen LogP contribution in [0.15, 0.2) is 30.7 Å². The summed E-state index contributed by atoms with van der Waals surface area (Å²) in [6.07, 6.45) is 3.50. The van der Waals surface area contributed by atoms with Gasteiger partial charge in [-0.25, -0.2) is 4.98 Å². The molecule has 0 atom stereocenters. The van der Waals surface area contributed by atoms with Crippen molar-refractivity contribution in [1.29, 1.82) is 0 Å². The minimum Gasteiger partial charge on any atom is -0.346 e. The molecule has 63 valence electrons. The number of imidazole rings is 1. The number of nitrogens with zero attached hydrogens (tertiary/aromatic N) is 1. The maximum absolute atomic E-state index is 3.96.